The number of nitriles is 1. The van der Waals surface area contributed by atoms with Gasteiger partial charge in [0.05, 0.1) is 17.1 Å². The van der Waals surface area contributed by atoms with Gasteiger partial charge in [0.2, 0.25) is 5.91 Å². The summed E-state index contributed by atoms with van der Waals surface area (Å²) in [6, 6.07) is 14.5. The second-order valence-electron chi connectivity index (χ2n) is 6.72. The van der Waals surface area contributed by atoms with Gasteiger partial charge in [0, 0.05) is 43.1 Å². The minimum atomic E-state index is -0.111. The predicted octanol–water partition coefficient (Wildman–Crippen LogP) is 3.17. The molecule has 1 amide bonds. The van der Waals surface area contributed by atoms with E-state index in [0.717, 1.165) is 31.9 Å². The first kappa shape index (κ1) is 19.9. The highest BCUT2D eigenvalue weighted by molar-refractivity contribution is 6.32. The normalized spacial score (nSPS) is 14.4. The summed E-state index contributed by atoms with van der Waals surface area (Å²) in [5, 5.41) is 12.0. The first-order valence-corrected chi connectivity index (χ1v) is 9.42. The van der Waals surface area contributed by atoms with Gasteiger partial charge < -0.3 is 10.2 Å². The molecular formula is C21H21ClN4O2. The molecule has 0 saturated carbocycles. The predicted molar refractivity (Wildman–Crippen MR) is 110 cm³/mol. The molecule has 7 heteroatoms. The average Bonchev–Trinajstić information content (AvgIpc) is 2.69. The lowest BCUT2D eigenvalue weighted by atomic mass is 10.1. The van der Waals surface area contributed by atoms with Gasteiger partial charge in [0.25, 0.3) is 0 Å². The molecule has 1 aliphatic heterocycles. The van der Waals surface area contributed by atoms with Crippen molar-refractivity contribution in [3.8, 4) is 6.07 Å². The maximum atomic E-state index is 12.3. The van der Waals surface area contributed by atoms with E-state index >= 15 is 0 Å². The molecule has 0 atom stereocenters. The van der Waals surface area contributed by atoms with Crippen LogP contribution in [-0.4, -0.2) is 49.3 Å². The third-order valence-electron chi connectivity index (χ3n) is 4.75. The highest BCUT2D eigenvalue weighted by Gasteiger charge is 2.19. The lowest BCUT2D eigenvalue weighted by molar-refractivity contribution is -0.117. The molecular weight excluding hydrogens is 376 g/mol. The van der Waals surface area contributed by atoms with E-state index in [4.69, 9.17) is 16.9 Å². The molecule has 144 valence electrons. The summed E-state index contributed by atoms with van der Waals surface area (Å²) in [6.07, 6.45) is 0. The van der Waals surface area contributed by atoms with Crippen LogP contribution >= 0.6 is 11.6 Å². The van der Waals surface area contributed by atoms with Crippen molar-refractivity contribution in [2.75, 3.05) is 42.9 Å². The standard InChI is InChI=1S/C21H21ClN4O2/c1-15(27)16-3-6-19(7-4-16)26-10-8-25(9-11-26)14-21(28)24-18-5-2-17(13-23)20(22)12-18/h2-7,12H,8-11,14H2,1H3,(H,24,28). The van der Waals surface area contributed by atoms with Crippen molar-refractivity contribution in [3.05, 3.63) is 58.6 Å². The van der Waals surface area contributed by atoms with Crippen molar-refractivity contribution in [3.63, 3.8) is 0 Å². The van der Waals surface area contributed by atoms with Crippen molar-refractivity contribution in [1.82, 2.24) is 4.90 Å². The maximum absolute atomic E-state index is 12.3. The van der Waals surface area contributed by atoms with E-state index in [-0.39, 0.29) is 11.7 Å². The zero-order chi connectivity index (χ0) is 20.1. The van der Waals surface area contributed by atoms with Crippen LogP contribution in [0.1, 0.15) is 22.8 Å². The molecule has 1 aliphatic rings. The lowest BCUT2D eigenvalue weighted by Crippen LogP contribution is -2.48. The molecule has 3 rings (SSSR count). The number of nitrogens with one attached hydrogen (secondary N) is 1. The SMILES string of the molecule is CC(=O)c1ccc(N2CCN(CC(=O)Nc3ccc(C#N)c(Cl)c3)CC2)cc1. The van der Waals surface area contributed by atoms with Crippen molar-refractivity contribution >= 4 is 34.7 Å². The van der Waals surface area contributed by atoms with Gasteiger partial charge in [-0.3, -0.25) is 14.5 Å². The highest BCUT2D eigenvalue weighted by Crippen LogP contribution is 2.21. The minimum Gasteiger partial charge on any atom is -0.369 e. The van der Waals surface area contributed by atoms with Crippen LogP contribution in [0, 0.1) is 11.3 Å². The Morgan fingerprint density at radius 2 is 1.79 bits per heavy atom. The monoisotopic (exact) mass is 396 g/mol. The number of amides is 1. The summed E-state index contributed by atoms with van der Waals surface area (Å²) >= 11 is 6.00. The van der Waals surface area contributed by atoms with Crippen LogP contribution in [0.25, 0.3) is 0 Å². The molecule has 1 fully saturated rings. The van der Waals surface area contributed by atoms with Crippen molar-refractivity contribution in [2.24, 2.45) is 0 Å². The van der Waals surface area contributed by atoms with E-state index in [9.17, 15) is 9.59 Å². The number of anilines is 2. The molecule has 6 nitrogen and oxygen atoms in total. The topological polar surface area (TPSA) is 76.4 Å². The number of Topliss-reactive ketones (excluding diaryl/α,β-unsaturated/α-hetero) is 1. The summed E-state index contributed by atoms with van der Waals surface area (Å²) in [4.78, 5) is 28.0. The van der Waals surface area contributed by atoms with E-state index in [2.05, 4.69) is 15.1 Å². The van der Waals surface area contributed by atoms with E-state index in [0.29, 0.717) is 28.4 Å². The largest absolute Gasteiger partial charge is 0.369 e. The molecule has 2 aromatic carbocycles. The molecule has 1 N–H and O–H groups in total. The Balaban J connectivity index is 1.50. The Morgan fingerprint density at radius 3 is 2.36 bits per heavy atom. The number of nitrogens with zero attached hydrogens (tertiary/aromatic N) is 3. The Kier molecular flexibility index (Phi) is 6.30. The first-order valence-electron chi connectivity index (χ1n) is 9.04. The molecule has 2 aromatic rings. The Bertz CT molecular complexity index is 913. The highest BCUT2D eigenvalue weighted by atomic mass is 35.5. The van der Waals surface area contributed by atoms with E-state index < -0.39 is 0 Å². The molecule has 0 radical (unpaired) electrons. The molecule has 0 spiro atoms. The summed E-state index contributed by atoms with van der Waals surface area (Å²) in [6.45, 7) is 5.04. The smallest absolute Gasteiger partial charge is 0.238 e. The molecule has 0 aliphatic carbocycles. The molecule has 28 heavy (non-hydrogen) atoms. The number of halogens is 1. The van der Waals surface area contributed by atoms with Gasteiger partial charge in [-0.2, -0.15) is 5.26 Å². The number of hydrogen-bond acceptors (Lipinski definition) is 5. The molecule has 0 bridgehead atoms. The molecule has 1 heterocycles. The van der Waals surface area contributed by atoms with Crippen LogP contribution in [0.3, 0.4) is 0 Å². The zero-order valence-electron chi connectivity index (χ0n) is 15.6. The number of carbonyl (C=O) groups is 2. The molecule has 0 unspecified atom stereocenters. The van der Waals surface area contributed by atoms with Gasteiger partial charge in [-0.05, 0) is 49.4 Å². The van der Waals surface area contributed by atoms with Gasteiger partial charge in [0.15, 0.2) is 5.78 Å². The Morgan fingerprint density at radius 1 is 1.11 bits per heavy atom. The summed E-state index contributed by atoms with van der Waals surface area (Å²) in [7, 11) is 0. The third-order valence-corrected chi connectivity index (χ3v) is 5.06. The summed E-state index contributed by atoms with van der Waals surface area (Å²) < 4.78 is 0. The van der Waals surface area contributed by atoms with Crippen molar-refractivity contribution < 1.29 is 9.59 Å². The second kappa shape index (κ2) is 8.87. The van der Waals surface area contributed by atoms with Crippen LogP contribution in [0.15, 0.2) is 42.5 Å². The minimum absolute atomic E-state index is 0.0610. The van der Waals surface area contributed by atoms with Gasteiger partial charge in [0.1, 0.15) is 6.07 Å². The van der Waals surface area contributed by atoms with Crippen LogP contribution in [0.4, 0.5) is 11.4 Å². The average molecular weight is 397 g/mol. The fourth-order valence-corrected chi connectivity index (χ4v) is 3.38. The van der Waals surface area contributed by atoms with Gasteiger partial charge in [-0.1, -0.05) is 11.6 Å². The van der Waals surface area contributed by atoms with Gasteiger partial charge >= 0.3 is 0 Å². The van der Waals surface area contributed by atoms with Crippen molar-refractivity contribution in [2.45, 2.75) is 6.92 Å². The third kappa shape index (κ3) is 4.89. The number of benzene rings is 2. The van der Waals surface area contributed by atoms with Gasteiger partial charge in [-0.25, -0.2) is 0 Å². The quantitative estimate of drug-likeness (QED) is 0.785. The Hall–Kier alpha value is -2.88. The van der Waals surface area contributed by atoms with E-state index in [1.54, 1.807) is 25.1 Å². The number of rotatable bonds is 5. The number of piperazine rings is 1. The first-order chi connectivity index (χ1) is 13.5. The number of ketones is 1. The molecule has 0 aromatic heterocycles. The van der Waals surface area contributed by atoms with Crippen LogP contribution in [0.5, 0.6) is 0 Å². The van der Waals surface area contributed by atoms with Crippen LogP contribution in [0.2, 0.25) is 5.02 Å². The lowest BCUT2D eigenvalue weighted by Gasteiger charge is -2.35. The van der Waals surface area contributed by atoms with Crippen LogP contribution in [-0.2, 0) is 4.79 Å². The Labute approximate surface area is 169 Å². The summed E-state index contributed by atoms with van der Waals surface area (Å²) in [5.74, 6) is -0.0500. The maximum Gasteiger partial charge on any atom is 0.238 e. The fourth-order valence-electron chi connectivity index (χ4n) is 3.16. The fraction of sp³-hybridized carbons (Fsp3) is 0.286. The van der Waals surface area contributed by atoms with E-state index in [1.807, 2.05) is 30.3 Å². The number of hydrogen-bond donors (Lipinski definition) is 1. The zero-order valence-corrected chi connectivity index (χ0v) is 16.4. The van der Waals surface area contributed by atoms with Crippen LogP contribution < -0.4 is 10.2 Å². The second-order valence-corrected chi connectivity index (χ2v) is 7.13. The van der Waals surface area contributed by atoms with Gasteiger partial charge in [-0.15, -0.1) is 0 Å². The van der Waals surface area contributed by atoms with E-state index in [1.165, 1.54) is 0 Å². The molecule has 1 saturated heterocycles. The number of carbonyl (C=O) groups excluding carboxylic acids is 2. The van der Waals surface area contributed by atoms with Crippen molar-refractivity contribution in [1.29, 1.82) is 5.26 Å². The summed E-state index contributed by atoms with van der Waals surface area (Å²) in [5.41, 5.74) is 2.76.